The molecular formula is C17H24N4O7. The van der Waals surface area contributed by atoms with Crippen LogP contribution >= 0.6 is 0 Å². The van der Waals surface area contributed by atoms with Gasteiger partial charge in [0.25, 0.3) is 0 Å². The molecule has 0 spiro atoms. The van der Waals surface area contributed by atoms with Gasteiger partial charge in [-0.1, -0.05) is 12.7 Å². The van der Waals surface area contributed by atoms with Gasteiger partial charge in [-0.05, 0) is 13.3 Å². The molecule has 2 amide bonds. The van der Waals surface area contributed by atoms with Crippen LogP contribution in [-0.4, -0.2) is 63.2 Å². The van der Waals surface area contributed by atoms with Gasteiger partial charge in [0.2, 0.25) is 5.91 Å². The summed E-state index contributed by atoms with van der Waals surface area (Å²) in [5.41, 5.74) is -0.503. The van der Waals surface area contributed by atoms with Crippen LogP contribution < -0.4 is 16.3 Å². The minimum atomic E-state index is -1.31. The van der Waals surface area contributed by atoms with Gasteiger partial charge in [0, 0.05) is 25.2 Å². The van der Waals surface area contributed by atoms with Gasteiger partial charge >= 0.3 is 11.8 Å². The first-order valence-corrected chi connectivity index (χ1v) is 8.70. The van der Waals surface area contributed by atoms with Gasteiger partial charge in [0.1, 0.15) is 18.0 Å². The fourth-order valence-corrected chi connectivity index (χ4v) is 2.61. The van der Waals surface area contributed by atoms with Crippen LogP contribution in [0.3, 0.4) is 0 Å². The van der Waals surface area contributed by atoms with Gasteiger partial charge in [-0.2, -0.15) is 4.98 Å². The Balaban J connectivity index is 2.05. The topological polar surface area (TPSA) is 152 Å². The number of aliphatic hydroxyl groups is 2. The monoisotopic (exact) mass is 396 g/mol. The highest BCUT2D eigenvalue weighted by Crippen LogP contribution is 2.28. The van der Waals surface area contributed by atoms with E-state index >= 15 is 0 Å². The van der Waals surface area contributed by atoms with Crippen molar-refractivity contribution in [1.29, 1.82) is 0 Å². The Morgan fingerprint density at radius 3 is 2.71 bits per heavy atom. The van der Waals surface area contributed by atoms with Crippen LogP contribution in [0.1, 0.15) is 32.1 Å². The van der Waals surface area contributed by atoms with Gasteiger partial charge in [-0.15, -0.1) is 0 Å². The van der Waals surface area contributed by atoms with Crippen molar-refractivity contribution in [1.82, 2.24) is 14.9 Å². The molecule has 0 aliphatic carbocycles. The van der Waals surface area contributed by atoms with Gasteiger partial charge in [0.15, 0.2) is 6.23 Å². The molecule has 11 nitrogen and oxygen atoms in total. The number of aromatic nitrogens is 2. The number of rotatable bonds is 7. The van der Waals surface area contributed by atoms with Crippen molar-refractivity contribution >= 4 is 23.9 Å². The molecule has 28 heavy (non-hydrogen) atoms. The lowest BCUT2D eigenvalue weighted by molar-refractivity contribution is -0.118. The van der Waals surface area contributed by atoms with Crippen molar-refractivity contribution < 1.29 is 29.3 Å². The SMILES string of the molecule is C=Cc1cn([C@@H]2O[C@H](C)[C@@H](O)[C@H]2O)c(=O)nc1NC(=O)OCCCNC(C)=O. The number of amides is 2. The summed E-state index contributed by atoms with van der Waals surface area (Å²) in [5, 5.41) is 24.8. The van der Waals surface area contributed by atoms with E-state index in [0.717, 1.165) is 4.57 Å². The zero-order valence-electron chi connectivity index (χ0n) is 15.6. The van der Waals surface area contributed by atoms with Crippen molar-refractivity contribution in [3.05, 3.63) is 28.8 Å². The molecule has 1 fully saturated rings. The molecule has 0 saturated carbocycles. The number of nitrogens with one attached hydrogen (secondary N) is 2. The molecule has 1 aromatic rings. The first kappa shape index (κ1) is 21.5. The Bertz CT molecular complexity index is 794. The first-order chi connectivity index (χ1) is 13.2. The second-order valence-corrected chi connectivity index (χ2v) is 6.25. The minimum absolute atomic E-state index is 0.0600. The molecule has 1 aromatic heterocycles. The van der Waals surface area contributed by atoms with E-state index in [-0.39, 0.29) is 18.3 Å². The van der Waals surface area contributed by atoms with Crippen LogP contribution in [0, 0.1) is 0 Å². The zero-order chi connectivity index (χ0) is 20.8. The summed E-state index contributed by atoms with van der Waals surface area (Å²) >= 11 is 0. The molecule has 154 valence electrons. The summed E-state index contributed by atoms with van der Waals surface area (Å²) in [4.78, 5) is 38.7. The maximum absolute atomic E-state index is 12.3. The van der Waals surface area contributed by atoms with Crippen molar-refractivity contribution in [3.8, 4) is 0 Å². The van der Waals surface area contributed by atoms with E-state index in [9.17, 15) is 24.6 Å². The third-order valence-corrected chi connectivity index (χ3v) is 4.10. The van der Waals surface area contributed by atoms with E-state index in [1.165, 1.54) is 19.2 Å². The molecule has 4 atom stereocenters. The Kier molecular flexibility index (Phi) is 7.26. The number of anilines is 1. The molecule has 4 N–H and O–H groups in total. The summed E-state index contributed by atoms with van der Waals surface area (Å²) < 4.78 is 11.4. The second kappa shape index (κ2) is 9.44. The lowest BCUT2D eigenvalue weighted by Gasteiger charge is -2.18. The highest BCUT2D eigenvalue weighted by atomic mass is 16.6. The van der Waals surface area contributed by atoms with Crippen LogP contribution in [0.5, 0.6) is 0 Å². The molecule has 0 unspecified atom stereocenters. The third kappa shape index (κ3) is 5.15. The predicted molar refractivity (Wildman–Crippen MR) is 98.5 cm³/mol. The highest BCUT2D eigenvalue weighted by molar-refractivity contribution is 5.85. The second-order valence-electron chi connectivity index (χ2n) is 6.25. The van der Waals surface area contributed by atoms with Gasteiger partial charge < -0.3 is 25.0 Å². The van der Waals surface area contributed by atoms with Crippen molar-refractivity contribution in [2.24, 2.45) is 0 Å². The molecule has 1 saturated heterocycles. The maximum atomic E-state index is 12.3. The number of aliphatic hydroxyl groups excluding tert-OH is 2. The van der Waals surface area contributed by atoms with E-state index < -0.39 is 36.3 Å². The van der Waals surface area contributed by atoms with E-state index in [2.05, 4.69) is 22.2 Å². The van der Waals surface area contributed by atoms with Crippen molar-refractivity contribution in [3.63, 3.8) is 0 Å². The summed E-state index contributed by atoms with van der Waals surface area (Å²) in [5.74, 6) is -0.243. The molecule has 0 aromatic carbocycles. The Labute approximate surface area is 161 Å². The number of carbonyl (C=O) groups excluding carboxylic acids is 2. The molecular weight excluding hydrogens is 372 g/mol. The van der Waals surface area contributed by atoms with E-state index in [0.29, 0.717) is 18.5 Å². The normalized spacial score (nSPS) is 23.9. The Morgan fingerprint density at radius 2 is 2.14 bits per heavy atom. The Morgan fingerprint density at radius 1 is 1.43 bits per heavy atom. The number of hydrogen-bond acceptors (Lipinski definition) is 8. The van der Waals surface area contributed by atoms with Gasteiger partial charge in [-0.25, -0.2) is 9.59 Å². The largest absolute Gasteiger partial charge is 0.449 e. The van der Waals surface area contributed by atoms with Crippen LogP contribution in [0.2, 0.25) is 0 Å². The standard InChI is InChI=1S/C17H24N4O7/c1-4-11-8-21(15-13(24)12(23)9(2)28-15)16(25)19-14(11)20-17(26)27-7-5-6-18-10(3)22/h4,8-9,12-13,15,23-24H,1,5-7H2,2-3H3,(H,18,22)(H,19,20,25,26)/t9-,12-,13-,15-/m1/s1. The smallest absolute Gasteiger partial charge is 0.412 e. The first-order valence-electron chi connectivity index (χ1n) is 8.70. The predicted octanol–water partition coefficient (Wildman–Crippen LogP) is -0.400. The fraction of sp³-hybridized carbons (Fsp3) is 0.529. The molecule has 0 radical (unpaired) electrons. The quantitative estimate of drug-likeness (QED) is 0.454. The molecule has 1 aliphatic rings. The number of ether oxygens (including phenoxy) is 2. The lowest BCUT2D eigenvalue weighted by atomic mass is 10.1. The fourth-order valence-electron chi connectivity index (χ4n) is 2.61. The minimum Gasteiger partial charge on any atom is -0.449 e. The van der Waals surface area contributed by atoms with Crippen LogP contribution in [0.4, 0.5) is 10.6 Å². The number of carbonyl (C=O) groups is 2. The maximum Gasteiger partial charge on any atom is 0.412 e. The molecule has 0 bridgehead atoms. The van der Waals surface area contributed by atoms with E-state index in [4.69, 9.17) is 9.47 Å². The van der Waals surface area contributed by atoms with Crippen molar-refractivity contribution in [2.75, 3.05) is 18.5 Å². The lowest BCUT2D eigenvalue weighted by Crippen LogP contribution is -2.36. The average Bonchev–Trinajstić information content (AvgIpc) is 2.88. The number of nitrogens with zero attached hydrogens (tertiary/aromatic N) is 2. The highest BCUT2D eigenvalue weighted by Gasteiger charge is 2.42. The van der Waals surface area contributed by atoms with Crippen molar-refractivity contribution in [2.45, 2.75) is 44.8 Å². The van der Waals surface area contributed by atoms with Gasteiger partial charge in [0.05, 0.1) is 12.7 Å². The van der Waals surface area contributed by atoms with E-state index in [1.54, 1.807) is 6.92 Å². The van der Waals surface area contributed by atoms with Crippen LogP contribution in [0.25, 0.3) is 6.08 Å². The summed E-state index contributed by atoms with van der Waals surface area (Å²) in [6, 6.07) is 0. The summed E-state index contributed by atoms with van der Waals surface area (Å²) in [6.45, 7) is 6.98. The van der Waals surface area contributed by atoms with Crippen LogP contribution in [0.15, 0.2) is 17.6 Å². The van der Waals surface area contributed by atoms with Crippen LogP contribution in [-0.2, 0) is 14.3 Å². The van der Waals surface area contributed by atoms with E-state index in [1.807, 2.05) is 0 Å². The van der Waals surface area contributed by atoms with Gasteiger partial charge in [-0.3, -0.25) is 14.7 Å². The molecule has 1 aliphatic heterocycles. The Hall–Kier alpha value is -2.76. The zero-order valence-corrected chi connectivity index (χ0v) is 15.6. The average molecular weight is 396 g/mol. The molecule has 2 heterocycles. The molecule has 11 heteroatoms. The summed E-state index contributed by atoms with van der Waals surface area (Å²) in [6.07, 6.45) is -1.95. The third-order valence-electron chi connectivity index (χ3n) is 4.10. The number of hydrogen-bond donors (Lipinski definition) is 4. The molecule has 2 rings (SSSR count). The summed E-state index contributed by atoms with van der Waals surface area (Å²) in [7, 11) is 0.